The first-order valence-electron chi connectivity index (χ1n) is 11.1. The van der Waals surface area contributed by atoms with Crippen molar-refractivity contribution >= 4 is 29.5 Å². The summed E-state index contributed by atoms with van der Waals surface area (Å²) >= 11 is 1.57. The van der Waals surface area contributed by atoms with Crippen molar-refractivity contribution < 1.29 is 24.4 Å². The first kappa shape index (κ1) is 22.9. The van der Waals surface area contributed by atoms with Crippen LogP contribution in [-0.4, -0.2) is 60.0 Å². The van der Waals surface area contributed by atoms with Crippen LogP contribution in [-0.2, 0) is 14.4 Å². The summed E-state index contributed by atoms with van der Waals surface area (Å²) in [5.74, 6) is -0.545. The maximum absolute atomic E-state index is 12.1. The molecule has 0 aromatic carbocycles. The van der Waals surface area contributed by atoms with Crippen molar-refractivity contribution in [2.75, 3.05) is 31.9 Å². The number of thioether (sulfide) groups is 1. The van der Waals surface area contributed by atoms with Crippen LogP contribution in [0.1, 0.15) is 52.9 Å². The van der Waals surface area contributed by atoms with Crippen LogP contribution in [0.4, 0.5) is 0 Å². The summed E-state index contributed by atoms with van der Waals surface area (Å²) in [4.78, 5) is 38.7. The summed E-state index contributed by atoms with van der Waals surface area (Å²) in [5.41, 5.74) is 2.15. The molecule has 1 unspecified atom stereocenters. The van der Waals surface area contributed by atoms with Gasteiger partial charge in [-0.15, -0.1) is 11.8 Å². The maximum Gasteiger partial charge on any atom is 0.247 e. The lowest BCUT2D eigenvalue weighted by atomic mass is 9.92. The van der Waals surface area contributed by atoms with Crippen LogP contribution >= 0.6 is 11.8 Å². The summed E-state index contributed by atoms with van der Waals surface area (Å²) in [6, 6.07) is 0. The molecule has 0 aromatic rings. The Labute approximate surface area is 182 Å². The Bertz CT molecular complexity index is 763. The number of hydrogen-bond acceptors (Lipinski definition) is 5. The van der Waals surface area contributed by atoms with Gasteiger partial charge in [0.2, 0.25) is 11.8 Å². The number of fused-ring (bicyclic) bond motifs is 1. The molecule has 2 N–H and O–H groups in total. The van der Waals surface area contributed by atoms with Crippen molar-refractivity contribution in [1.29, 1.82) is 0 Å². The second-order valence-electron chi connectivity index (χ2n) is 8.27. The number of rotatable bonds is 7. The predicted octanol–water partition coefficient (Wildman–Crippen LogP) is -0.157. The highest BCUT2D eigenvalue weighted by molar-refractivity contribution is 8.00. The van der Waals surface area contributed by atoms with Crippen molar-refractivity contribution in [3.63, 3.8) is 0 Å². The van der Waals surface area contributed by atoms with Gasteiger partial charge in [-0.05, 0) is 63.5 Å². The van der Waals surface area contributed by atoms with Crippen molar-refractivity contribution in [1.82, 2.24) is 10.2 Å². The number of nitrogens with zero attached hydrogens (tertiary/aromatic N) is 1. The Morgan fingerprint density at radius 1 is 1.20 bits per heavy atom. The summed E-state index contributed by atoms with van der Waals surface area (Å²) in [5, 5.41) is 14.4. The topological polar surface area (TPSA) is 94.0 Å². The molecule has 0 bridgehead atoms. The van der Waals surface area contributed by atoms with E-state index < -0.39 is 5.97 Å². The Balaban J connectivity index is 0.000000318. The Morgan fingerprint density at radius 3 is 2.30 bits per heavy atom. The fourth-order valence-electron chi connectivity index (χ4n) is 4.23. The molecular formula is C22H33N3O4S. The van der Waals surface area contributed by atoms with E-state index in [1.807, 2.05) is 0 Å². The number of amides is 2. The van der Waals surface area contributed by atoms with Crippen LogP contribution in [0.5, 0.6) is 0 Å². The molecule has 2 amide bonds. The van der Waals surface area contributed by atoms with Crippen LogP contribution in [0.2, 0.25) is 0 Å². The highest BCUT2D eigenvalue weighted by atomic mass is 32.2. The third kappa shape index (κ3) is 4.91. The minimum atomic E-state index is -1.31. The molecule has 4 aliphatic rings. The second-order valence-corrected chi connectivity index (χ2v) is 9.44. The first-order valence-corrected chi connectivity index (χ1v) is 12.2. The predicted molar refractivity (Wildman–Crippen MR) is 114 cm³/mol. The molecule has 0 spiro atoms. The largest absolute Gasteiger partial charge is 0.543 e. The SMILES string of the molecule is CC[NH+](CC)CC.O=C([O-])C1=C(/C(CC2CC2)=C2\CCNC2=O)CSC2CC(=O)N12. The lowest BCUT2D eigenvalue weighted by Gasteiger charge is -2.46. The fraction of sp³-hybridized carbons (Fsp3) is 0.682. The second kappa shape index (κ2) is 10.0. The third-order valence-electron chi connectivity index (χ3n) is 6.40. The molecule has 0 aromatic heterocycles. The van der Waals surface area contributed by atoms with Gasteiger partial charge in [0.15, 0.2) is 0 Å². The van der Waals surface area contributed by atoms with Crippen molar-refractivity contribution in [3.05, 3.63) is 22.4 Å². The number of nitrogens with one attached hydrogen (secondary N) is 2. The summed E-state index contributed by atoms with van der Waals surface area (Å²) in [6.07, 6.45) is 3.95. The molecule has 4 rings (SSSR count). The quantitative estimate of drug-likeness (QED) is 0.428. The number of carbonyl (C=O) groups is 3. The first-order chi connectivity index (χ1) is 14.4. The van der Waals surface area contributed by atoms with Gasteiger partial charge in [0.25, 0.3) is 0 Å². The van der Waals surface area contributed by atoms with E-state index in [9.17, 15) is 19.5 Å². The Hall–Kier alpha value is -1.80. The zero-order valence-corrected chi connectivity index (χ0v) is 19.0. The van der Waals surface area contributed by atoms with Gasteiger partial charge in [-0.1, -0.05) is 0 Å². The molecule has 3 heterocycles. The minimum absolute atomic E-state index is 0.00662. The van der Waals surface area contributed by atoms with E-state index in [4.69, 9.17) is 0 Å². The smallest absolute Gasteiger partial charge is 0.247 e. The average Bonchev–Trinajstić information content (AvgIpc) is 3.45. The number of β-lactam (4-membered cyclic amide) rings is 1. The summed E-state index contributed by atoms with van der Waals surface area (Å²) in [7, 11) is 0. The van der Waals surface area contributed by atoms with Crippen molar-refractivity contribution in [3.8, 4) is 0 Å². The van der Waals surface area contributed by atoms with E-state index in [2.05, 4.69) is 26.1 Å². The molecule has 0 radical (unpaired) electrons. The zero-order chi connectivity index (χ0) is 21.8. The molecule has 1 aliphatic carbocycles. The standard InChI is InChI=1S/C16H18N2O4S.C6H15N/c19-12-6-13-18(12)14(16(21)22)11(7-23-13)10(5-8-1-2-8)9-3-4-17-15(9)20;1-4-7(5-2)6-3/h8,13H,1-7H2,(H,17,20)(H,21,22);4-6H2,1-3H3/b10-9+;. The van der Waals surface area contributed by atoms with Gasteiger partial charge >= 0.3 is 0 Å². The van der Waals surface area contributed by atoms with Crippen LogP contribution in [0, 0.1) is 5.92 Å². The van der Waals surface area contributed by atoms with Crippen molar-refractivity contribution in [2.24, 2.45) is 5.92 Å². The molecule has 1 atom stereocenters. The highest BCUT2D eigenvalue weighted by Gasteiger charge is 2.44. The average molecular weight is 436 g/mol. The van der Waals surface area contributed by atoms with E-state index in [0.29, 0.717) is 42.2 Å². The van der Waals surface area contributed by atoms with E-state index in [0.717, 1.165) is 24.8 Å². The zero-order valence-electron chi connectivity index (χ0n) is 18.2. The lowest BCUT2D eigenvalue weighted by molar-refractivity contribution is -0.894. The number of hydrogen-bond donors (Lipinski definition) is 2. The number of carbonyl (C=O) groups excluding carboxylic acids is 3. The normalized spacial score (nSPS) is 24.8. The van der Waals surface area contributed by atoms with E-state index >= 15 is 0 Å². The molecule has 7 nitrogen and oxygen atoms in total. The molecule has 166 valence electrons. The fourth-order valence-corrected chi connectivity index (χ4v) is 5.54. The van der Waals surface area contributed by atoms with Crippen LogP contribution in [0.3, 0.4) is 0 Å². The van der Waals surface area contributed by atoms with Gasteiger partial charge in [-0.25, -0.2) is 0 Å². The molecule has 8 heteroatoms. The lowest BCUT2D eigenvalue weighted by Crippen LogP contribution is -3.11. The molecule has 3 aliphatic heterocycles. The number of carboxylic acids is 1. The van der Waals surface area contributed by atoms with Gasteiger partial charge in [-0.2, -0.15) is 0 Å². The van der Waals surface area contributed by atoms with E-state index in [-0.39, 0.29) is 22.9 Å². The molecule has 1 saturated carbocycles. The molecule has 2 saturated heterocycles. The van der Waals surface area contributed by atoms with Crippen LogP contribution in [0.25, 0.3) is 0 Å². The van der Waals surface area contributed by atoms with Gasteiger partial charge < -0.3 is 20.1 Å². The van der Waals surface area contributed by atoms with Crippen LogP contribution in [0.15, 0.2) is 22.4 Å². The van der Waals surface area contributed by atoms with Gasteiger partial charge in [0, 0.05) is 17.9 Å². The van der Waals surface area contributed by atoms with Gasteiger partial charge in [0.1, 0.15) is 0 Å². The minimum Gasteiger partial charge on any atom is -0.543 e. The molecule has 3 fully saturated rings. The maximum atomic E-state index is 12.1. The number of aliphatic carboxylic acids is 1. The Morgan fingerprint density at radius 2 is 1.87 bits per heavy atom. The summed E-state index contributed by atoms with van der Waals surface area (Å²) in [6.45, 7) is 11.1. The third-order valence-corrected chi connectivity index (χ3v) is 7.62. The summed E-state index contributed by atoms with van der Waals surface area (Å²) < 4.78 is 0. The number of carboxylic acid groups (broad SMARTS) is 1. The van der Waals surface area contributed by atoms with Crippen molar-refractivity contribution in [2.45, 2.75) is 58.2 Å². The number of allylic oxidation sites excluding steroid dienone is 1. The van der Waals surface area contributed by atoms with E-state index in [1.54, 1.807) is 16.7 Å². The van der Waals surface area contributed by atoms with Gasteiger partial charge in [-0.3, -0.25) is 14.5 Å². The molecule has 30 heavy (non-hydrogen) atoms. The monoisotopic (exact) mass is 435 g/mol. The molecular weight excluding hydrogens is 402 g/mol. The highest BCUT2D eigenvalue weighted by Crippen LogP contribution is 2.46. The Kier molecular flexibility index (Phi) is 7.63. The van der Waals surface area contributed by atoms with Crippen LogP contribution < -0.4 is 15.3 Å². The van der Waals surface area contributed by atoms with Gasteiger partial charge in [0.05, 0.1) is 43.1 Å². The number of quaternary nitrogens is 1. The van der Waals surface area contributed by atoms with E-state index in [1.165, 1.54) is 24.5 Å².